The molecule has 0 saturated carbocycles. The Morgan fingerprint density at radius 3 is 2.56 bits per heavy atom. The Labute approximate surface area is 212 Å². The molecule has 0 aliphatic rings. The number of nitrogen functional groups attached to an aromatic ring is 1. The van der Waals surface area contributed by atoms with Crippen molar-refractivity contribution in [3.05, 3.63) is 107 Å². The third-order valence-corrected chi connectivity index (χ3v) is 6.17. The predicted octanol–water partition coefficient (Wildman–Crippen LogP) is 5.85. The summed E-state index contributed by atoms with van der Waals surface area (Å²) in [6.45, 7) is 5.94. The van der Waals surface area contributed by atoms with E-state index in [2.05, 4.69) is 54.1 Å². The van der Waals surface area contributed by atoms with Crippen LogP contribution in [0.2, 0.25) is 0 Å². The van der Waals surface area contributed by atoms with Crippen molar-refractivity contribution in [3.63, 3.8) is 0 Å². The van der Waals surface area contributed by atoms with Crippen LogP contribution in [0.1, 0.15) is 53.4 Å². The van der Waals surface area contributed by atoms with E-state index >= 15 is 0 Å². The van der Waals surface area contributed by atoms with Gasteiger partial charge in [0.05, 0.1) is 17.2 Å². The number of pyridine rings is 2. The quantitative estimate of drug-likeness (QED) is 0.305. The second kappa shape index (κ2) is 11.3. The van der Waals surface area contributed by atoms with E-state index in [-0.39, 0.29) is 17.2 Å². The lowest BCUT2D eigenvalue weighted by molar-refractivity contribution is 0.103. The molecule has 0 spiro atoms. The van der Waals surface area contributed by atoms with Crippen LogP contribution < -0.4 is 10.6 Å². The van der Waals surface area contributed by atoms with Gasteiger partial charge in [0.2, 0.25) is 5.78 Å². The molecular weight excluding hydrogens is 446 g/mol. The fraction of sp³-hybridized carbons (Fsp3) is 0.200. The molecule has 6 nitrogen and oxygen atoms in total. The summed E-state index contributed by atoms with van der Waals surface area (Å²) in [5.74, 6) is 0.887. The standard InChI is InChI=1S/C30H29N5O/c1-3-16-35(20-21(2)22-10-5-4-6-11-22)28-15-9-14-27(34-28)29(36)26-17-24(19-33-30(26)32)25-13-8-7-12-23(25)18-31/h4-15,17,19,21H,3,16,20H2,1-2H3,(H2,32,33). The number of anilines is 2. The molecule has 0 aliphatic carbocycles. The van der Waals surface area contributed by atoms with Gasteiger partial charge in [0.1, 0.15) is 17.3 Å². The van der Waals surface area contributed by atoms with Gasteiger partial charge < -0.3 is 10.6 Å². The maximum absolute atomic E-state index is 13.5. The van der Waals surface area contributed by atoms with Crippen molar-refractivity contribution in [3.8, 4) is 17.2 Å². The highest BCUT2D eigenvalue weighted by Crippen LogP contribution is 2.27. The van der Waals surface area contributed by atoms with Crippen LogP contribution in [0.25, 0.3) is 11.1 Å². The zero-order chi connectivity index (χ0) is 25.5. The Bertz CT molecular complexity index is 1390. The number of carbonyl (C=O) groups is 1. The van der Waals surface area contributed by atoms with Crippen LogP contribution in [0.15, 0.2) is 85.1 Å². The van der Waals surface area contributed by atoms with Gasteiger partial charge in [-0.1, -0.05) is 68.4 Å². The molecule has 36 heavy (non-hydrogen) atoms. The first-order chi connectivity index (χ1) is 17.5. The van der Waals surface area contributed by atoms with Crippen molar-refractivity contribution in [2.45, 2.75) is 26.2 Å². The summed E-state index contributed by atoms with van der Waals surface area (Å²) in [6.07, 6.45) is 2.54. The molecule has 0 aliphatic heterocycles. The lowest BCUT2D eigenvalue weighted by Gasteiger charge is -2.27. The molecule has 0 saturated heterocycles. The second-order valence-corrected chi connectivity index (χ2v) is 8.78. The van der Waals surface area contributed by atoms with E-state index in [1.807, 2.05) is 30.3 Å². The highest BCUT2D eigenvalue weighted by Gasteiger charge is 2.19. The normalized spacial score (nSPS) is 11.5. The number of hydrogen-bond donors (Lipinski definition) is 1. The molecule has 2 aromatic carbocycles. The minimum absolute atomic E-state index is 0.133. The number of hydrogen-bond acceptors (Lipinski definition) is 6. The molecule has 0 radical (unpaired) electrons. The Hall–Kier alpha value is -4.50. The van der Waals surface area contributed by atoms with E-state index in [4.69, 9.17) is 10.7 Å². The maximum Gasteiger partial charge on any atom is 0.215 e. The molecule has 6 heteroatoms. The van der Waals surface area contributed by atoms with Crippen molar-refractivity contribution in [1.29, 1.82) is 5.26 Å². The van der Waals surface area contributed by atoms with Crippen LogP contribution >= 0.6 is 0 Å². The topological polar surface area (TPSA) is 95.9 Å². The molecule has 0 amide bonds. The lowest BCUT2D eigenvalue weighted by Crippen LogP contribution is -2.29. The fourth-order valence-corrected chi connectivity index (χ4v) is 4.29. The molecule has 180 valence electrons. The number of ketones is 1. The van der Waals surface area contributed by atoms with Crippen LogP contribution in [0.5, 0.6) is 0 Å². The average Bonchev–Trinajstić information content (AvgIpc) is 2.93. The summed E-state index contributed by atoms with van der Waals surface area (Å²) in [6, 6.07) is 27.0. The van der Waals surface area contributed by atoms with Gasteiger partial charge >= 0.3 is 0 Å². The van der Waals surface area contributed by atoms with Gasteiger partial charge in [-0.2, -0.15) is 5.26 Å². The van der Waals surface area contributed by atoms with Gasteiger partial charge in [0.25, 0.3) is 0 Å². The molecule has 1 atom stereocenters. The summed E-state index contributed by atoms with van der Waals surface area (Å²) in [4.78, 5) is 24.7. The van der Waals surface area contributed by atoms with Crippen molar-refractivity contribution < 1.29 is 4.79 Å². The van der Waals surface area contributed by atoms with Gasteiger partial charge in [-0.05, 0) is 42.2 Å². The number of nitrogens with zero attached hydrogens (tertiary/aromatic N) is 4. The smallest absolute Gasteiger partial charge is 0.215 e. The zero-order valence-electron chi connectivity index (χ0n) is 20.6. The monoisotopic (exact) mass is 475 g/mol. The number of carbonyl (C=O) groups excluding carboxylic acids is 1. The molecular formula is C30H29N5O. The van der Waals surface area contributed by atoms with Gasteiger partial charge in [0, 0.05) is 30.4 Å². The fourth-order valence-electron chi connectivity index (χ4n) is 4.29. The first-order valence-corrected chi connectivity index (χ1v) is 12.1. The van der Waals surface area contributed by atoms with Gasteiger partial charge in [0.15, 0.2) is 0 Å². The maximum atomic E-state index is 13.5. The molecule has 4 aromatic rings. The summed E-state index contributed by atoms with van der Waals surface area (Å²) < 4.78 is 0. The van der Waals surface area contributed by atoms with E-state index < -0.39 is 0 Å². The van der Waals surface area contributed by atoms with Crippen LogP contribution in [-0.2, 0) is 0 Å². The van der Waals surface area contributed by atoms with Crippen molar-refractivity contribution >= 4 is 17.4 Å². The Kier molecular flexibility index (Phi) is 7.72. The summed E-state index contributed by atoms with van der Waals surface area (Å²) in [5, 5.41) is 9.48. The van der Waals surface area contributed by atoms with Crippen LogP contribution in [0.4, 0.5) is 11.6 Å². The third kappa shape index (κ3) is 5.42. The van der Waals surface area contributed by atoms with Gasteiger partial charge in [-0.3, -0.25) is 4.79 Å². The molecule has 0 bridgehead atoms. The molecule has 4 rings (SSSR count). The summed E-state index contributed by atoms with van der Waals surface area (Å²) in [5.41, 5.74) is 9.82. The second-order valence-electron chi connectivity index (χ2n) is 8.78. The van der Waals surface area contributed by atoms with Crippen LogP contribution in [-0.4, -0.2) is 28.8 Å². The minimum Gasteiger partial charge on any atom is -0.383 e. The Balaban J connectivity index is 1.64. The molecule has 2 N–H and O–H groups in total. The predicted molar refractivity (Wildman–Crippen MR) is 144 cm³/mol. The van der Waals surface area contributed by atoms with E-state index in [0.29, 0.717) is 28.3 Å². The lowest BCUT2D eigenvalue weighted by atomic mass is 9.98. The van der Waals surface area contributed by atoms with Gasteiger partial charge in [-0.25, -0.2) is 9.97 Å². The molecule has 2 aromatic heterocycles. The molecule has 0 fully saturated rings. The van der Waals surface area contributed by atoms with Crippen LogP contribution in [0.3, 0.4) is 0 Å². The Morgan fingerprint density at radius 1 is 1.06 bits per heavy atom. The highest BCUT2D eigenvalue weighted by atomic mass is 16.1. The van der Waals surface area contributed by atoms with E-state index in [1.54, 1.807) is 30.5 Å². The number of nitrogens with two attached hydrogens (primary N) is 1. The van der Waals surface area contributed by atoms with Gasteiger partial charge in [-0.15, -0.1) is 0 Å². The average molecular weight is 476 g/mol. The first kappa shape index (κ1) is 24.6. The van der Waals surface area contributed by atoms with Crippen molar-refractivity contribution in [2.75, 3.05) is 23.7 Å². The third-order valence-electron chi connectivity index (χ3n) is 6.17. The minimum atomic E-state index is -0.300. The SMILES string of the molecule is CCCN(CC(C)c1ccccc1)c1cccc(C(=O)c2cc(-c3ccccc3C#N)cnc2N)n1. The van der Waals surface area contributed by atoms with E-state index in [1.165, 1.54) is 5.56 Å². The van der Waals surface area contributed by atoms with Crippen LogP contribution in [0, 0.1) is 11.3 Å². The van der Waals surface area contributed by atoms with Crippen molar-refractivity contribution in [2.24, 2.45) is 0 Å². The zero-order valence-corrected chi connectivity index (χ0v) is 20.6. The Morgan fingerprint density at radius 2 is 1.81 bits per heavy atom. The summed E-state index contributed by atoms with van der Waals surface area (Å²) >= 11 is 0. The van der Waals surface area contributed by atoms with E-state index in [0.717, 1.165) is 25.3 Å². The number of aromatic nitrogens is 2. The summed E-state index contributed by atoms with van der Waals surface area (Å²) in [7, 11) is 0. The number of nitriles is 1. The molecule has 2 heterocycles. The van der Waals surface area contributed by atoms with Crippen molar-refractivity contribution in [1.82, 2.24) is 9.97 Å². The number of rotatable bonds is 9. The number of benzene rings is 2. The molecule has 1 unspecified atom stereocenters. The van der Waals surface area contributed by atoms with E-state index in [9.17, 15) is 10.1 Å². The largest absolute Gasteiger partial charge is 0.383 e. The first-order valence-electron chi connectivity index (χ1n) is 12.1. The highest BCUT2D eigenvalue weighted by molar-refractivity contribution is 6.11.